The van der Waals surface area contributed by atoms with Crippen LogP contribution in [-0.4, -0.2) is 20.0 Å². The fourth-order valence-corrected chi connectivity index (χ4v) is 4.57. The monoisotopic (exact) mass is 482 g/mol. The van der Waals surface area contributed by atoms with Crippen LogP contribution >= 0.6 is 27.3 Å². The van der Waals surface area contributed by atoms with E-state index in [-0.39, 0.29) is 5.78 Å². The molecule has 4 aromatic rings. The molecule has 0 aliphatic heterocycles. The summed E-state index contributed by atoms with van der Waals surface area (Å²) in [4.78, 5) is 14.1. The van der Waals surface area contributed by atoms with Gasteiger partial charge in [-0.25, -0.2) is 0 Å². The van der Waals surface area contributed by atoms with E-state index in [4.69, 9.17) is 14.2 Å². The van der Waals surface area contributed by atoms with Crippen LogP contribution in [0.5, 0.6) is 23.0 Å². The molecule has 0 radical (unpaired) electrons. The number of hydrogen-bond donors (Lipinski definition) is 0. The second-order valence-electron chi connectivity index (χ2n) is 6.69. The number of carbonyl (C=O) groups excluding carboxylic acids is 1. The number of ketones is 1. The van der Waals surface area contributed by atoms with Gasteiger partial charge >= 0.3 is 0 Å². The quantitative estimate of drug-likeness (QED) is 0.277. The van der Waals surface area contributed by atoms with Gasteiger partial charge in [-0.3, -0.25) is 4.79 Å². The number of benzene rings is 3. The number of thiophene rings is 1. The normalized spacial score (nSPS) is 10.8. The van der Waals surface area contributed by atoms with Crippen molar-refractivity contribution in [2.24, 2.45) is 0 Å². The fraction of sp³-hybridized carbons (Fsp3) is 0.125. The van der Waals surface area contributed by atoms with E-state index in [1.54, 1.807) is 26.4 Å². The topological polar surface area (TPSA) is 44.8 Å². The lowest BCUT2D eigenvalue weighted by molar-refractivity contribution is 0.104. The van der Waals surface area contributed by atoms with Gasteiger partial charge in [0.2, 0.25) is 5.78 Å². The molecule has 6 heteroatoms. The van der Waals surface area contributed by atoms with Gasteiger partial charge in [0.1, 0.15) is 22.1 Å². The highest BCUT2D eigenvalue weighted by molar-refractivity contribution is 9.10. The molecule has 30 heavy (non-hydrogen) atoms. The van der Waals surface area contributed by atoms with Crippen LogP contribution in [-0.2, 0) is 0 Å². The molecule has 0 N–H and O–H groups in total. The van der Waals surface area contributed by atoms with E-state index in [2.05, 4.69) is 15.9 Å². The minimum absolute atomic E-state index is 0.0811. The van der Waals surface area contributed by atoms with Crippen LogP contribution in [0.15, 0.2) is 65.1 Å². The fourth-order valence-electron chi connectivity index (χ4n) is 3.19. The van der Waals surface area contributed by atoms with Crippen molar-refractivity contribution < 1.29 is 19.0 Å². The zero-order chi connectivity index (χ0) is 21.3. The molecule has 0 saturated heterocycles. The van der Waals surface area contributed by atoms with E-state index in [0.29, 0.717) is 21.9 Å². The Morgan fingerprint density at radius 2 is 1.50 bits per heavy atom. The Labute approximate surface area is 187 Å². The molecule has 0 atom stereocenters. The van der Waals surface area contributed by atoms with Crippen molar-refractivity contribution >= 4 is 43.1 Å². The van der Waals surface area contributed by atoms with Crippen LogP contribution in [0.25, 0.3) is 10.1 Å². The van der Waals surface area contributed by atoms with Crippen molar-refractivity contribution in [1.82, 2.24) is 0 Å². The highest BCUT2D eigenvalue weighted by Crippen LogP contribution is 2.43. The van der Waals surface area contributed by atoms with Gasteiger partial charge in [0, 0.05) is 20.1 Å². The van der Waals surface area contributed by atoms with Crippen LogP contribution in [0, 0.1) is 6.92 Å². The minimum Gasteiger partial charge on any atom is -0.497 e. The third-order valence-electron chi connectivity index (χ3n) is 4.77. The zero-order valence-electron chi connectivity index (χ0n) is 16.7. The van der Waals surface area contributed by atoms with Crippen molar-refractivity contribution in [2.75, 3.05) is 14.2 Å². The van der Waals surface area contributed by atoms with E-state index in [0.717, 1.165) is 31.6 Å². The number of methoxy groups -OCH3 is 2. The summed E-state index contributed by atoms with van der Waals surface area (Å²) in [5.74, 6) is 2.59. The predicted molar refractivity (Wildman–Crippen MR) is 124 cm³/mol. The van der Waals surface area contributed by atoms with E-state index in [9.17, 15) is 4.79 Å². The van der Waals surface area contributed by atoms with Crippen molar-refractivity contribution in [3.8, 4) is 23.0 Å². The van der Waals surface area contributed by atoms with Gasteiger partial charge in [-0.15, -0.1) is 11.3 Å². The van der Waals surface area contributed by atoms with Gasteiger partial charge in [0.15, 0.2) is 5.75 Å². The number of halogens is 1. The third kappa shape index (κ3) is 3.93. The van der Waals surface area contributed by atoms with E-state index >= 15 is 0 Å². The number of ether oxygens (including phenoxy) is 3. The molecule has 0 aliphatic carbocycles. The van der Waals surface area contributed by atoms with Gasteiger partial charge in [-0.2, -0.15) is 0 Å². The summed E-state index contributed by atoms with van der Waals surface area (Å²) >= 11 is 4.84. The molecule has 0 bridgehead atoms. The molecule has 0 unspecified atom stereocenters. The van der Waals surface area contributed by atoms with Gasteiger partial charge in [-0.1, -0.05) is 15.9 Å². The van der Waals surface area contributed by atoms with Crippen LogP contribution in [0.4, 0.5) is 0 Å². The van der Waals surface area contributed by atoms with Gasteiger partial charge in [-0.05, 0) is 73.2 Å². The Balaban J connectivity index is 1.84. The molecule has 0 fully saturated rings. The molecular weight excluding hydrogens is 464 g/mol. The summed E-state index contributed by atoms with van der Waals surface area (Å²) in [7, 11) is 3.24. The summed E-state index contributed by atoms with van der Waals surface area (Å²) < 4.78 is 18.7. The Morgan fingerprint density at radius 1 is 0.867 bits per heavy atom. The number of hydrogen-bond acceptors (Lipinski definition) is 5. The largest absolute Gasteiger partial charge is 0.497 e. The average molecular weight is 483 g/mol. The first kappa shape index (κ1) is 20.4. The van der Waals surface area contributed by atoms with Crippen LogP contribution < -0.4 is 14.2 Å². The molecule has 0 amide bonds. The summed E-state index contributed by atoms with van der Waals surface area (Å²) in [6.07, 6.45) is 0. The SMILES string of the molecule is COc1ccc(C(=O)c2sc3cc(OC)ccc3c2Oc2ccc(Br)cc2)c(C)c1. The number of aryl methyl sites for hydroxylation is 1. The highest BCUT2D eigenvalue weighted by atomic mass is 79.9. The zero-order valence-corrected chi connectivity index (χ0v) is 19.1. The second-order valence-corrected chi connectivity index (χ2v) is 8.66. The van der Waals surface area contributed by atoms with E-state index < -0.39 is 0 Å². The van der Waals surface area contributed by atoms with Crippen LogP contribution in [0.2, 0.25) is 0 Å². The van der Waals surface area contributed by atoms with Gasteiger partial charge in [0.05, 0.1) is 14.2 Å². The lowest BCUT2D eigenvalue weighted by atomic mass is 10.0. The first-order valence-electron chi connectivity index (χ1n) is 9.23. The third-order valence-corrected chi connectivity index (χ3v) is 6.43. The van der Waals surface area contributed by atoms with Crippen molar-refractivity contribution in [1.29, 1.82) is 0 Å². The Kier molecular flexibility index (Phi) is 5.79. The Morgan fingerprint density at radius 3 is 2.17 bits per heavy atom. The van der Waals surface area contributed by atoms with E-state index in [1.165, 1.54) is 11.3 Å². The molecule has 1 heterocycles. The second kappa shape index (κ2) is 8.50. The molecule has 0 spiro atoms. The molecule has 152 valence electrons. The lowest BCUT2D eigenvalue weighted by Gasteiger charge is -2.10. The summed E-state index contributed by atoms with van der Waals surface area (Å²) in [6, 6.07) is 18.7. The van der Waals surface area contributed by atoms with Crippen LogP contribution in [0.1, 0.15) is 20.8 Å². The summed E-state index contributed by atoms with van der Waals surface area (Å²) in [5, 5.41) is 0.873. The standard InChI is InChI=1S/C24H19BrO4S/c1-14-12-17(27-2)8-10-19(14)22(26)24-23(29-16-6-4-15(25)5-7-16)20-11-9-18(28-3)13-21(20)30-24/h4-13H,1-3H3. The van der Waals surface area contributed by atoms with Gasteiger partial charge in [0.25, 0.3) is 0 Å². The maximum Gasteiger partial charge on any atom is 0.207 e. The number of fused-ring (bicyclic) bond motifs is 1. The molecule has 4 nitrogen and oxygen atoms in total. The van der Waals surface area contributed by atoms with E-state index in [1.807, 2.05) is 55.5 Å². The molecule has 0 aliphatic rings. The highest BCUT2D eigenvalue weighted by Gasteiger charge is 2.23. The van der Waals surface area contributed by atoms with Crippen molar-refractivity contribution in [3.63, 3.8) is 0 Å². The lowest BCUT2D eigenvalue weighted by Crippen LogP contribution is -2.03. The van der Waals surface area contributed by atoms with Gasteiger partial charge < -0.3 is 14.2 Å². The maximum absolute atomic E-state index is 13.5. The first-order valence-corrected chi connectivity index (χ1v) is 10.8. The van der Waals surface area contributed by atoms with Crippen molar-refractivity contribution in [3.05, 3.63) is 81.1 Å². The van der Waals surface area contributed by atoms with Crippen LogP contribution in [0.3, 0.4) is 0 Å². The maximum atomic E-state index is 13.5. The summed E-state index contributed by atoms with van der Waals surface area (Å²) in [6.45, 7) is 1.90. The minimum atomic E-state index is -0.0811. The average Bonchev–Trinajstić information content (AvgIpc) is 3.12. The smallest absolute Gasteiger partial charge is 0.207 e. The molecule has 3 aromatic carbocycles. The molecular formula is C24H19BrO4S. The number of rotatable bonds is 6. The molecule has 0 saturated carbocycles. The molecule has 4 rings (SSSR count). The Hall–Kier alpha value is -2.83. The predicted octanol–water partition coefficient (Wildman–Crippen LogP) is 7.01. The Bertz CT molecular complexity index is 1230. The van der Waals surface area contributed by atoms with Crippen molar-refractivity contribution in [2.45, 2.75) is 6.92 Å². The molecule has 1 aromatic heterocycles. The number of carbonyl (C=O) groups is 1. The summed E-state index contributed by atoms with van der Waals surface area (Å²) in [5.41, 5.74) is 1.47. The first-order chi connectivity index (χ1) is 14.5.